The van der Waals surface area contributed by atoms with E-state index in [4.69, 9.17) is 4.52 Å². The van der Waals surface area contributed by atoms with Crippen LogP contribution in [0.1, 0.15) is 50.3 Å². The highest BCUT2D eigenvalue weighted by Gasteiger charge is 2.12. The first-order valence-corrected chi connectivity index (χ1v) is 8.82. The molecular formula is C19H23N5O2. The van der Waals surface area contributed by atoms with E-state index in [1.54, 1.807) is 0 Å². The van der Waals surface area contributed by atoms with Crippen LogP contribution in [0.4, 0.5) is 5.82 Å². The predicted octanol–water partition coefficient (Wildman–Crippen LogP) is 3.72. The van der Waals surface area contributed by atoms with Gasteiger partial charge in [-0.25, -0.2) is 0 Å². The van der Waals surface area contributed by atoms with E-state index in [2.05, 4.69) is 51.6 Å². The molecule has 0 fully saturated rings. The molecule has 7 heteroatoms. The summed E-state index contributed by atoms with van der Waals surface area (Å²) in [5, 5.41) is 13.7. The van der Waals surface area contributed by atoms with E-state index in [1.807, 2.05) is 25.1 Å². The molecule has 136 valence electrons. The molecule has 0 aliphatic carbocycles. The van der Waals surface area contributed by atoms with Crippen molar-refractivity contribution >= 4 is 11.7 Å². The number of hydrogen-bond donors (Lipinski definition) is 2. The lowest BCUT2D eigenvalue weighted by Crippen LogP contribution is -2.12. The average molecular weight is 353 g/mol. The van der Waals surface area contributed by atoms with Gasteiger partial charge in [0.1, 0.15) is 0 Å². The summed E-state index contributed by atoms with van der Waals surface area (Å²) in [5.74, 6) is 1.85. The molecule has 26 heavy (non-hydrogen) atoms. The summed E-state index contributed by atoms with van der Waals surface area (Å²) in [6.07, 6.45) is 1.47. The molecule has 7 nitrogen and oxygen atoms in total. The Kier molecular flexibility index (Phi) is 5.46. The number of carbonyl (C=O) groups excluding carboxylic acids is 1. The Hall–Kier alpha value is -2.96. The summed E-state index contributed by atoms with van der Waals surface area (Å²) in [6, 6.07) is 9.93. The Morgan fingerprint density at radius 1 is 1.27 bits per heavy atom. The quantitative estimate of drug-likeness (QED) is 0.675. The normalized spacial score (nSPS) is 11.1. The lowest BCUT2D eigenvalue weighted by atomic mass is 10.0. The average Bonchev–Trinajstić information content (AvgIpc) is 3.29. The van der Waals surface area contributed by atoms with E-state index in [0.29, 0.717) is 29.9 Å². The molecule has 3 aromatic rings. The van der Waals surface area contributed by atoms with E-state index in [-0.39, 0.29) is 12.3 Å². The van der Waals surface area contributed by atoms with Crippen LogP contribution in [0, 0.1) is 0 Å². The van der Waals surface area contributed by atoms with Crippen molar-refractivity contribution in [2.75, 3.05) is 5.32 Å². The molecule has 2 aromatic heterocycles. The number of aromatic nitrogens is 4. The van der Waals surface area contributed by atoms with Crippen molar-refractivity contribution in [1.29, 1.82) is 0 Å². The number of hydrogen-bond acceptors (Lipinski definition) is 5. The van der Waals surface area contributed by atoms with Gasteiger partial charge >= 0.3 is 0 Å². The SMILES string of the molecule is CCc1cc(NC(=O)CCc2nc(-c3ccc(C(C)C)cc3)no2)n[nH]1. The Balaban J connectivity index is 1.55. The Bertz CT molecular complexity index is 864. The van der Waals surface area contributed by atoms with Crippen LogP contribution in [0.15, 0.2) is 34.9 Å². The highest BCUT2D eigenvalue weighted by atomic mass is 16.5. The first-order valence-electron chi connectivity index (χ1n) is 8.82. The molecule has 2 heterocycles. The molecule has 0 unspecified atom stereocenters. The van der Waals surface area contributed by atoms with Gasteiger partial charge in [-0.05, 0) is 17.9 Å². The maximum absolute atomic E-state index is 12.0. The number of rotatable bonds is 7. The number of anilines is 1. The van der Waals surface area contributed by atoms with Gasteiger partial charge in [0, 0.05) is 30.2 Å². The molecular weight excluding hydrogens is 330 g/mol. The molecule has 3 rings (SSSR count). The number of carbonyl (C=O) groups is 1. The first kappa shape index (κ1) is 17.8. The van der Waals surface area contributed by atoms with Crippen molar-refractivity contribution < 1.29 is 9.32 Å². The number of benzene rings is 1. The number of nitrogens with one attached hydrogen (secondary N) is 2. The van der Waals surface area contributed by atoms with E-state index in [0.717, 1.165) is 17.7 Å². The van der Waals surface area contributed by atoms with Crippen molar-refractivity contribution in [2.45, 2.75) is 46.0 Å². The van der Waals surface area contributed by atoms with Crippen LogP contribution in [-0.2, 0) is 17.6 Å². The number of aromatic amines is 1. The molecule has 0 atom stereocenters. The van der Waals surface area contributed by atoms with Crippen molar-refractivity contribution in [3.63, 3.8) is 0 Å². The van der Waals surface area contributed by atoms with Crippen LogP contribution >= 0.6 is 0 Å². The van der Waals surface area contributed by atoms with E-state index in [1.165, 1.54) is 5.56 Å². The third-order valence-electron chi connectivity index (χ3n) is 4.15. The van der Waals surface area contributed by atoms with Gasteiger partial charge in [0.15, 0.2) is 5.82 Å². The molecule has 0 aliphatic heterocycles. The van der Waals surface area contributed by atoms with Crippen molar-refractivity contribution in [3.05, 3.63) is 47.5 Å². The van der Waals surface area contributed by atoms with Crippen LogP contribution in [0.25, 0.3) is 11.4 Å². The van der Waals surface area contributed by atoms with Crippen LogP contribution in [0.5, 0.6) is 0 Å². The standard InChI is InChI=1S/C19H23N5O2/c1-4-15-11-16(23-22-15)20-17(25)9-10-18-21-19(24-26-18)14-7-5-13(6-8-14)12(2)3/h5-8,11-12H,4,9-10H2,1-3H3,(H2,20,22,23,25). The van der Waals surface area contributed by atoms with Crippen LogP contribution < -0.4 is 5.32 Å². The summed E-state index contributed by atoms with van der Waals surface area (Å²) >= 11 is 0. The number of nitrogens with zero attached hydrogens (tertiary/aromatic N) is 3. The minimum atomic E-state index is -0.139. The molecule has 0 aliphatic rings. The number of amides is 1. The predicted molar refractivity (Wildman–Crippen MR) is 98.7 cm³/mol. The largest absolute Gasteiger partial charge is 0.339 e. The first-order chi connectivity index (χ1) is 12.5. The Morgan fingerprint density at radius 3 is 2.69 bits per heavy atom. The summed E-state index contributed by atoms with van der Waals surface area (Å²) in [4.78, 5) is 16.4. The second-order valence-electron chi connectivity index (χ2n) is 6.47. The fraction of sp³-hybridized carbons (Fsp3) is 0.368. The molecule has 0 radical (unpaired) electrons. The molecule has 0 spiro atoms. The highest BCUT2D eigenvalue weighted by Crippen LogP contribution is 2.20. The van der Waals surface area contributed by atoms with E-state index >= 15 is 0 Å². The molecule has 0 bridgehead atoms. The fourth-order valence-corrected chi connectivity index (χ4v) is 2.52. The minimum absolute atomic E-state index is 0.139. The zero-order valence-electron chi connectivity index (χ0n) is 15.2. The monoisotopic (exact) mass is 353 g/mol. The summed E-state index contributed by atoms with van der Waals surface area (Å²) in [7, 11) is 0. The summed E-state index contributed by atoms with van der Waals surface area (Å²) in [5.41, 5.74) is 3.14. The Labute approximate surface area is 152 Å². The minimum Gasteiger partial charge on any atom is -0.339 e. The lowest BCUT2D eigenvalue weighted by molar-refractivity contribution is -0.116. The molecule has 2 N–H and O–H groups in total. The molecule has 0 saturated heterocycles. The van der Waals surface area contributed by atoms with E-state index < -0.39 is 0 Å². The van der Waals surface area contributed by atoms with Crippen LogP contribution in [0.3, 0.4) is 0 Å². The van der Waals surface area contributed by atoms with E-state index in [9.17, 15) is 4.79 Å². The summed E-state index contributed by atoms with van der Waals surface area (Å²) < 4.78 is 5.26. The maximum atomic E-state index is 12.0. The van der Waals surface area contributed by atoms with Gasteiger partial charge in [-0.15, -0.1) is 0 Å². The number of H-pyrrole nitrogens is 1. The zero-order valence-corrected chi connectivity index (χ0v) is 15.2. The second-order valence-corrected chi connectivity index (χ2v) is 6.47. The molecule has 0 saturated carbocycles. The zero-order chi connectivity index (χ0) is 18.5. The van der Waals surface area contributed by atoms with Gasteiger partial charge in [0.25, 0.3) is 0 Å². The molecule has 1 aromatic carbocycles. The lowest BCUT2D eigenvalue weighted by Gasteiger charge is -2.04. The highest BCUT2D eigenvalue weighted by molar-refractivity contribution is 5.89. The van der Waals surface area contributed by atoms with Crippen LogP contribution in [-0.4, -0.2) is 26.2 Å². The Morgan fingerprint density at radius 2 is 2.04 bits per heavy atom. The second kappa shape index (κ2) is 7.95. The van der Waals surface area contributed by atoms with Gasteiger partial charge in [-0.1, -0.05) is 50.2 Å². The topological polar surface area (TPSA) is 96.7 Å². The van der Waals surface area contributed by atoms with Gasteiger partial charge in [0.2, 0.25) is 17.6 Å². The summed E-state index contributed by atoms with van der Waals surface area (Å²) in [6.45, 7) is 6.32. The van der Waals surface area contributed by atoms with Crippen LogP contribution in [0.2, 0.25) is 0 Å². The van der Waals surface area contributed by atoms with Gasteiger partial charge in [-0.3, -0.25) is 9.89 Å². The third-order valence-corrected chi connectivity index (χ3v) is 4.15. The van der Waals surface area contributed by atoms with Crippen molar-refractivity contribution in [1.82, 2.24) is 20.3 Å². The maximum Gasteiger partial charge on any atom is 0.227 e. The van der Waals surface area contributed by atoms with Gasteiger partial charge in [-0.2, -0.15) is 10.1 Å². The smallest absolute Gasteiger partial charge is 0.227 e. The van der Waals surface area contributed by atoms with Crippen molar-refractivity contribution in [3.8, 4) is 11.4 Å². The number of aryl methyl sites for hydroxylation is 2. The van der Waals surface area contributed by atoms with Gasteiger partial charge in [0.05, 0.1) is 0 Å². The fourth-order valence-electron chi connectivity index (χ4n) is 2.52. The third kappa shape index (κ3) is 4.36. The molecule has 1 amide bonds. The van der Waals surface area contributed by atoms with Gasteiger partial charge < -0.3 is 9.84 Å². The van der Waals surface area contributed by atoms with Crippen molar-refractivity contribution in [2.24, 2.45) is 0 Å².